The fourth-order valence-corrected chi connectivity index (χ4v) is 4.90. The van der Waals surface area contributed by atoms with E-state index in [4.69, 9.17) is 19.3 Å². The molecule has 0 saturated carbocycles. The second kappa shape index (κ2) is 32.0. The number of carbonyl (C=O) groups excluding carboxylic acids is 2. The van der Waals surface area contributed by atoms with Crippen molar-refractivity contribution in [2.45, 2.75) is 155 Å². The number of allylic oxidation sites excluding steroid dienone is 8. The fourth-order valence-electron chi connectivity index (χ4n) is 4.54. The Hall–Kier alpha value is -1.99. The van der Waals surface area contributed by atoms with Gasteiger partial charge in [-0.1, -0.05) is 133 Å². The van der Waals surface area contributed by atoms with E-state index in [2.05, 4.69) is 67.0 Å². The van der Waals surface area contributed by atoms with Crippen LogP contribution in [-0.4, -0.2) is 41.0 Å². The molecule has 9 heteroatoms. The summed E-state index contributed by atoms with van der Waals surface area (Å²) in [7, 11) is -4.75. The Morgan fingerprint density at radius 1 is 0.600 bits per heavy atom. The highest BCUT2D eigenvalue weighted by Crippen LogP contribution is 2.35. The maximum atomic E-state index is 12.3. The molecule has 0 spiro atoms. The highest BCUT2D eigenvalue weighted by Gasteiger charge is 2.22. The average molecular weight is 655 g/mol. The van der Waals surface area contributed by atoms with Gasteiger partial charge < -0.3 is 19.3 Å². The Morgan fingerprint density at radius 2 is 1.07 bits per heavy atom. The van der Waals surface area contributed by atoms with Gasteiger partial charge in [0.2, 0.25) is 0 Å². The number of esters is 2. The number of unbranched alkanes of at least 4 members (excludes halogenated alkanes) is 13. The van der Waals surface area contributed by atoms with Gasteiger partial charge >= 0.3 is 19.8 Å². The van der Waals surface area contributed by atoms with Gasteiger partial charge in [-0.25, -0.2) is 4.57 Å². The molecule has 0 amide bonds. The van der Waals surface area contributed by atoms with Crippen molar-refractivity contribution in [3.05, 3.63) is 48.6 Å². The number of hydrogen-bond donors (Lipinski definition) is 2. The van der Waals surface area contributed by atoms with Gasteiger partial charge in [-0.15, -0.1) is 0 Å². The first-order valence-electron chi connectivity index (χ1n) is 17.4. The molecule has 45 heavy (non-hydrogen) atoms. The highest BCUT2D eigenvalue weighted by atomic mass is 31.2. The number of carbonyl (C=O) groups is 2. The van der Waals surface area contributed by atoms with Crippen molar-refractivity contribution >= 4 is 19.8 Å². The third-order valence-electron chi connectivity index (χ3n) is 7.11. The van der Waals surface area contributed by atoms with E-state index in [0.717, 1.165) is 83.5 Å². The lowest BCUT2D eigenvalue weighted by Crippen LogP contribution is -2.29. The van der Waals surface area contributed by atoms with Crippen LogP contribution >= 0.6 is 7.82 Å². The minimum Gasteiger partial charge on any atom is -0.462 e. The van der Waals surface area contributed by atoms with Crippen LogP contribution in [0.2, 0.25) is 0 Å². The summed E-state index contributed by atoms with van der Waals surface area (Å²) in [6.07, 6.45) is 37.0. The maximum Gasteiger partial charge on any atom is 0.469 e. The van der Waals surface area contributed by atoms with Gasteiger partial charge in [0.1, 0.15) is 6.61 Å². The van der Waals surface area contributed by atoms with Crippen LogP contribution in [0.25, 0.3) is 0 Å². The largest absolute Gasteiger partial charge is 0.469 e. The summed E-state index contributed by atoms with van der Waals surface area (Å²) >= 11 is 0. The minimum atomic E-state index is -4.75. The van der Waals surface area contributed by atoms with Crippen LogP contribution in [0.4, 0.5) is 0 Å². The summed E-state index contributed by atoms with van der Waals surface area (Å²) in [5.74, 6) is -0.909. The first-order chi connectivity index (χ1) is 21.8. The third kappa shape index (κ3) is 34.7. The number of rotatable bonds is 31. The van der Waals surface area contributed by atoms with Gasteiger partial charge in [0.15, 0.2) is 6.10 Å². The van der Waals surface area contributed by atoms with Crippen molar-refractivity contribution in [2.24, 2.45) is 0 Å². The quantitative estimate of drug-likeness (QED) is 0.0328. The molecular formula is C36H63O8P. The zero-order chi connectivity index (χ0) is 33.3. The Kier molecular flexibility index (Phi) is 30.6. The molecule has 0 aliphatic carbocycles. The monoisotopic (exact) mass is 654 g/mol. The van der Waals surface area contributed by atoms with Crippen LogP contribution in [0.5, 0.6) is 0 Å². The topological polar surface area (TPSA) is 119 Å². The van der Waals surface area contributed by atoms with E-state index >= 15 is 0 Å². The van der Waals surface area contributed by atoms with E-state index in [1.165, 1.54) is 32.1 Å². The molecule has 8 nitrogen and oxygen atoms in total. The van der Waals surface area contributed by atoms with E-state index in [0.29, 0.717) is 6.42 Å². The fraction of sp³-hybridized carbons (Fsp3) is 0.722. The van der Waals surface area contributed by atoms with Crippen LogP contribution in [0.1, 0.15) is 149 Å². The summed E-state index contributed by atoms with van der Waals surface area (Å²) in [6, 6.07) is 0. The summed E-state index contributed by atoms with van der Waals surface area (Å²) in [4.78, 5) is 42.5. The van der Waals surface area contributed by atoms with Crippen LogP contribution in [0.3, 0.4) is 0 Å². The Labute approximate surface area is 274 Å². The summed E-state index contributed by atoms with van der Waals surface area (Å²) < 4.78 is 26.2. The first kappa shape index (κ1) is 43.0. The SMILES string of the molecule is CC/C=C\C/C=C\C/C=C\C/C=C\CCCCCCCCC(=O)OC(COC(=O)CCCCCCCCCC)COP(=O)(O)O. The predicted molar refractivity (Wildman–Crippen MR) is 184 cm³/mol. The molecular weight excluding hydrogens is 591 g/mol. The van der Waals surface area contributed by atoms with Gasteiger partial charge in [-0.2, -0.15) is 0 Å². The van der Waals surface area contributed by atoms with Crippen molar-refractivity contribution in [2.75, 3.05) is 13.2 Å². The molecule has 0 aromatic heterocycles. The second-order valence-electron chi connectivity index (χ2n) is 11.5. The van der Waals surface area contributed by atoms with Crippen molar-refractivity contribution in [3.8, 4) is 0 Å². The predicted octanol–water partition coefficient (Wildman–Crippen LogP) is 10.0. The van der Waals surface area contributed by atoms with Gasteiger partial charge in [-0.3, -0.25) is 14.1 Å². The Balaban J connectivity index is 3.99. The molecule has 0 aromatic carbocycles. The van der Waals surface area contributed by atoms with E-state index in [9.17, 15) is 14.2 Å². The van der Waals surface area contributed by atoms with Gasteiger partial charge in [-0.05, 0) is 51.4 Å². The smallest absolute Gasteiger partial charge is 0.462 e. The molecule has 0 radical (unpaired) electrons. The molecule has 1 atom stereocenters. The number of ether oxygens (including phenoxy) is 2. The zero-order valence-corrected chi connectivity index (χ0v) is 29.1. The highest BCUT2D eigenvalue weighted by molar-refractivity contribution is 7.46. The summed E-state index contributed by atoms with van der Waals surface area (Å²) in [5.41, 5.74) is 0. The second-order valence-corrected chi connectivity index (χ2v) is 12.7. The van der Waals surface area contributed by atoms with Gasteiger partial charge in [0.05, 0.1) is 6.61 Å². The lowest BCUT2D eigenvalue weighted by molar-refractivity contribution is -0.161. The van der Waals surface area contributed by atoms with Crippen molar-refractivity contribution in [1.82, 2.24) is 0 Å². The van der Waals surface area contributed by atoms with Crippen LogP contribution in [0, 0.1) is 0 Å². The van der Waals surface area contributed by atoms with E-state index in [-0.39, 0.29) is 19.4 Å². The van der Waals surface area contributed by atoms with Crippen LogP contribution < -0.4 is 0 Å². The first-order valence-corrected chi connectivity index (χ1v) is 19.0. The van der Waals surface area contributed by atoms with Crippen molar-refractivity contribution in [1.29, 1.82) is 0 Å². The summed E-state index contributed by atoms with van der Waals surface area (Å²) in [5, 5.41) is 0. The molecule has 0 heterocycles. The normalized spacial score (nSPS) is 13.1. The van der Waals surface area contributed by atoms with Crippen molar-refractivity contribution in [3.63, 3.8) is 0 Å². The molecule has 0 aliphatic heterocycles. The number of phosphoric acid groups is 1. The van der Waals surface area contributed by atoms with E-state index < -0.39 is 32.5 Å². The number of hydrogen-bond acceptors (Lipinski definition) is 6. The molecule has 2 N–H and O–H groups in total. The number of phosphoric ester groups is 1. The van der Waals surface area contributed by atoms with E-state index in [1.807, 2.05) is 0 Å². The average Bonchev–Trinajstić information content (AvgIpc) is 3.00. The minimum absolute atomic E-state index is 0.195. The summed E-state index contributed by atoms with van der Waals surface area (Å²) in [6.45, 7) is 3.50. The molecule has 260 valence electrons. The maximum absolute atomic E-state index is 12.3. The molecule has 0 fully saturated rings. The standard InChI is InChI=1S/C36H63O8P/c1-3-5-7-9-11-13-14-15-16-17-18-19-20-21-22-23-25-27-29-31-36(38)44-34(33-43-45(39,40)41)32-42-35(37)30-28-26-24-12-10-8-6-4-2/h5,7,11,13,15-16,18-19,34H,3-4,6,8-10,12,14,17,20-33H2,1-2H3,(H2,39,40,41)/b7-5-,13-11-,16-15-,19-18-. The molecule has 0 saturated heterocycles. The van der Waals surface area contributed by atoms with Gasteiger partial charge in [0, 0.05) is 12.8 Å². The molecule has 0 aliphatic rings. The lowest BCUT2D eigenvalue weighted by atomic mass is 10.1. The molecule has 0 bridgehead atoms. The van der Waals surface area contributed by atoms with Crippen LogP contribution in [0.15, 0.2) is 48.6 Å². The van der Waals surface area contributed by atoms with E-state index in [1.54, 1.807) is 0 Å². The lowest BCUT2D eigenvalue weighted by Gasteiger charge is -2.18. The molecule has 0 aromatic rings. The van der Waals surface area contributed by atoms with Gasteiger partial charge in [0.25, 0.3) is 0 Å². The Morgan fingerprint density at radius 3 is 1.60 bits per heavy atom. The molecule has 1 unspecified atom stereocenters. The third-order valence-corrected chi connectivity index (χ3v) is 7.60. The van der Waals surface area contributed by atoms with Crippen molar-refractivity contribution < 1.29 is 37.9 Å². The molecule has 0 rings (SSSR count). The Bertz CT molecular complexity index is 874. The zero-order valence-electron chi connectivity index (χ0n) is 28.3. The van der Waals surface area contributed by atoms with Crippen LogP contribution in [-0.2, 0) is 28.2 Å².